The third kappa shape index (κ3) is 4.02. The lowest BCUT2D eigenvalue weighted by atomic mass is 9.32. The van der Waals surface area contributed by atoms with Crippen molar-refractivity contribution in [2.45, 2.75) is 112 Å². The summed E-state index contributed by atoms with van der Waals surface area (Å²) in [6.07, 6.45) is 6.29. The molecule has 0 saturated heterocycles. The van der Waals surface area contributed by atoms with Gasteiger partial charge in [0.05, 0.1) is 17.1 Å². The fourth-order valence-electron chi connectivity index (χ4n) is 12.6. The quantitative estimate of drug-likeness (QED) is 0.160. The summed E-state index contributed by atoms with van der Waals surface area (Å²) in [6.45, 7) is 18.0. The molecule has 0 aromatic heterocycles. The molecule has 44 heavy (non-hydrogen) atoms. The Hall–Kier alpha value is -2.54. The Kier molecular flexibility index (Phi) is 7.13. The number of hydrogen-bond donors (Lipinski definition) is 4. The number of fused-ring (bicyclic) bond motifs is 7. The molecular weight excluding hydrogens is 556 g/mol. The van der Waals surface area contributed by atoms with E-state index < -0.39 is 35.0 Å². The number of aliphatic hydroxyl groups excluding tert-OH is 1. The van der Waals surface area contributed by atoms with E-state index in [1.165, 1.54) is 18.2 Å². The molecule has 0 radical (unpaired) electrons. The SMILES string of the molecule is C=C(C)[C@@H]1CC[C@]2(C(=O)O)CC[C@]3(C)[C@H](CC[C@@H]4[C@@]5(C)C[C@@H](OC(=O)c6ccc(O)c(O)c6)[C@H](O)C(C)(C)[C@@H]5CC[C@]43C)[C@@H]12. The highest BCUT2D eigenvalue weighted by molar-refractivity contribution is 5.90. The molecule has 5 aliphatic carbocycles. The molecule has 7 heteroatoms. The second-order valence-corrected chi connectivity index (χ2v) is 16.8. The molecule has 11 atom stereocenters. The number of aliphatic carboxylic acids is 1. The highest BCUT2D eigenvalue weighted by atomic mass is 16.6. The van der Waals surface area contributed by atoms with Crippen LogP contribution < -0.4 is 0 Å². The lowest BCUT2D eigenvalue weighted by Gasteiger charge is -2.73. The van der Waals surface area contributed by atoms with Crippen LogP contribution in [-0.2, 0) is 9.53 Å². The topological polar surface area (TPSA) is 124 Å². The summed E-state index contributed by atoms with van der Waals surface area (Å²) in [6, 6.07) is 3.88. The first-order chi connectivity index (χ1) is 20.4. The maximum absolute atomic E-state index is 13.3. The van der Waals surface area contributed by atoms with Crippen molar-refractivity contribution in [2.24, 2.45) is 56.7 Å². The van der Waals surface area contributed by atoms with Crippen LogP contribution in [0.5, 0.6) is 11.5 Å². The van der Waals surface area contributed by atoms with Crippen LogP contribution >= 0.6 is 0 Å². The van der Waals surface area contributed by atoms with Gasteiger partial charge in [-0.2, -0.15) is 0 Å². The molecule has 1 aromatic rings. The molecule has 0 heterocycles. The zero-order valence-electron chi connectivity index (χ0n) is 27.4. The van der Waals surface area contributed by atoms with E-state index in [0.29, 0.717) is 18.3 Å². The van der Waals surface area contributed by atoms with Crippen molar-refractivity contribution in [1.82, 2.24) is 0 Å². The molecule has 5 fully saturated rings. The minimum atomic E-state index is -0.841. The first-order valence-corrected chi connectivity index (χ1v) is 16.7. The fraction of sp³-hybridized carbons (Fsp3) is 0.730. The normalized spacial score (nSPS) is 45.7. The summed E-state index contributed by atoms with van der Waals surface area (Å²) < 4.78 is 6.06. The van der Waals surface area contributed by atoms with Gasteiger partial charge < -0.3 is 25.2 Å². The second-order valence-electron chi connectivity index (χ2n) is 16.8. The van der Waals surface area contributed by atoms with Gasteiger partial charge in [0.1, 0.15) is 6.10 Å². The van der Waals surface area contributed by atoms with E-state index in [0.717, 1.165) is 56.9 Å². The second kappa shape index (κ2) is 9.98. The predicted octanol–water partition coefficient (Wildman–Crippen LogP) is 7.34. The highest BCUT2D eigenvalue weighted by Gasteiger charge is 2.72. The van der Waals surface area contributed by atoms with Crippen molar-refractivity contribution in [3.8, 4) is 11.5 Å². The van der Waals surface area contributed by atoms with Crippen LogP contribution in [0, 0.1) is 56.7 Å². The van der Waals surface area contributed by atoms with E-state index in [-0.39, 0.29) is 51.1 Å². The van der Waals surface area contributed by atoms with Gasteiger partial charge in [0.2, 0.25) is 0 Å². The van der Waals surface area contributed by atoms with Crippen LogP contribution in [0.3, 0.4) is 0 Å². The van der Waals surface area contributed by atoms with Crippen LogP contribution in [-0.4, -0.2) is 44.6 Å². The Bertz CT molecular complexity index is 1380. The molecular formula is C37H52O7. The summed E-state index contributed by atoms with van der Waals surface area (Å²) in [7, 11) is 0. The number of esters is 1. The molecule has 0 spiro atoms. The lowest BCUT2D eigenvalue weighted by Crippen LogP contribution is -2.69. The average molecular weight is 609 g/mol. The van der Waals surface area contributed by atoms with Crippen LogP contribution in [0.4, 0.5) is 0 Å². The Morgan fingerprint density at radius 2 is 1.59 bits per heavy atom. The Balaban J connectivity index is 1.35. The number of ether oxygens (including phenoxy) is 1. The zero-order chi connectivity index (χ0) is 32.2. The molecule has 0 unspecified atom stereocenters. The van der Waals surface area contributed by atoms with Gasteiger partial charge in [0.15, 0.2) is 11.5 Å². The van der Waals surface area contributed by atoms with E-state index >= 15 is 0 Å². The number of phenolic OH excluding ortho intramolecular Hbond substituents is 2. The maximum atomic E-state index is 13.3. The molecule has 7 nitrogen and oxygen atoms in total. The van der Waals surface area contributed by atoms with Gasteiger partial charge in [-0.15, -0.1) is 0 Å². The molecule has 0 aliphatic heterocycles. The predicted molar refractivity (Wildman–Crippen MR) is 167 cm³/mol. The van der Waals surface area contributed by atoms with Crippen LogP contribution in [0.1, 0.15) is 110 Å². The van der Waals surface area contributed by atoms with Gasteiger partial charge in [0, 0.05) is 0 Å². The van der Waals surface area contributed by atoms with Crippen LogP contribution in [0.15, 0.2) is 30.4 Å². The monoisotopic (exact) mass is 608 g/mol. The number of carboxylic acids is 1. The summed E-state index contributed by atoms with van der Waals surface area (Å²) in [4.78, 5) is 26.2. The third-order valence-corrected chi connectivity index (χ3v) is 14.9. The van der Waals surface area contributed by atoms with E-state index in [4.69, 9.17) is 4.74 Å². The number of phenols is 2. The van der Waals surface area contributed by atoms with Gasteiger partial charge >= 0.3 is 11.9 Å². The molecule has 5 saturated carbocycles. The van der Waals surface area contributed by atoms with Gasteiger partial charge in [0.25, 0.3) is 0 Å². The van der Waals surface area contributed by atoms with E-state index in [2.05, 4.69) is 48.1 Å². The summed E-state index contributed by atoms with van der Waals surface area (Å²) >= 11 is 0. The van der Waals surface area contributed by atoms with Gasteiger partial charge in [-0.3, -0.25) is 4.79 Å². The standard InChI is InChI=1S/C37H52O7/c1-20(2)22-12-15-37(32(42)43)17-16-35(6)23(29(22)37)9-11-28-34(5)19-26(44-31(41)21-8-10-24(38)25(39)18-21)30(40)33(3,4)27(34)13-14-36(28,35)7/h8,10,18,22-23,26-30,38-40H,1,9,11-17,19H2,2-7H3,(H,42,43)/t22-,23+,26+,27-,28+,29+,30-,34-,35+,36+,37-/m0/s1. The molecule has 0 amide bonds. The van der Waals surface area contributed by atoms with E-state index in [1.54, 1.807) is 0 Å². The van der Waals surface area contributed by atoms with Crippen molar-refractivity contribution in [2.75, 3.05) is 0 Å². The smallest absolute Gasteiger partial charge is 0.338 e. The van der Waals surface area contributed by atoms with Crippen molar-refractivity contribution in [3.05, 3.63) is 35.9 Å². The largest absolute Gasteiger partial charge is 0.504 e. The molecule has 0 bridgehead atoms. The Morgan fingerprint density at radius 3 is 2.23 bits per heavy atom. The number of allylic oxidation sites excluding steroid dienone is 1. The van der Waals surface area contributed by atoms with Gasteiger partial charge in [-0.25, -0.2) is 4.79 Å². The molecule has 242 valence electrons. The summed E-state index contributed by atoms with van der Waals surface area (Å²) in [5.41, 5.74) is -0.138. The Morgan fingerprint density at radius 1 is 0.886 bits per heavy atom. The number of aliphatic hydroxyl groups is 1. The number of aromatic hydroxyl groups is 2. The first-order valence-electron chi connectivity index (χ1n) is 16.7. The lowest BCUT2D eigenvalue weighted by molar-refractivity contribution is -0.263. The Labute approximate surface area is 262 Å². The number of carboxylic acid groups (broad SMARTS) is 1. The van der Waals surface area contributed by atoms with Gasteiger partial charge in [-0.05, 0) is 134 Å². The summed E-state index contributed by atoms with van der Waals surface area (Å²) in [5, 5.41) is 42.0. The zero-order valence-corrected chi connectivity index (χ0v) is 27.4. The van der Waals surface area contributed by atoms with Crippen molar-refractivity contribution < 1.29 is 34.8 Å². The first kappa shape index (κ1) is 31.4. The van der Waals surface area contributed by atoms with Crippen LogP contribution in [0.25, 0.3) is 0 Å². The average Bonchev–Trinajstić information content (AvgIpc) is 3.35. The number of hydrogen-bond acceptors (Lipinski definition) is 6. The van der Waals surface area contributed by atoms with Crippen molar-refractivity contribution >= 4 is 11.9 Å². The molecule has 4 N–H and O–H groups in total. The van der Waals surface area contributed by atoms with Crippen LogP contribution in [0.2, 0.25) is 0 Å². The fourth-order valence-corrected chi connectivity index (χ4v) is 12.6. The van der Waals surface area contributed by atoms with Crippen molar-refractivity contribution in [3.63, 3.8) is 0 Å². The number of benzene rings is 1. The van der Waals surface area contributed by atoms with Crippen molar-refractivity contribution in [1.29, 1.82) is 0 Å². The van der Waals surface area contributed by atoms with E-state index in [1.807, 2.05) is 0 Å². The van der Waals surface area contributed by atoms with E-state index in [9.17, 15) is 30.0 Å². The molecule has 1 aromatic carbocycles. The molecule has 5 aliphatic rings. The number of rotatable bonds is 4. The number of carbonyl (C=O) groups excluding carboxylic acids is 1. The minimum Gasteiger partial charge on any atom is -0.504 e. The summed E-state index contributed by atoms with van der Waals surface area (Å²) in [5.74, 6) is -0.691. The molecule has 6 rings (SSSR count). The number of carbonyl (C=O) groups is 2. The maximum Gasteiger partial charge on any atom is 0.338 e. The third-order valence-electron chi connectivity index (χ3n) is 14.9. The van der Waals surface area contributed by atoms with Gasteiger partial charge in [-0.1, -0.05) is 46.8 Å². The minimum absolute atomic E-state index is 0.0241. The highest BCUT2D eigenvalue weighted by Crippen LogP contribution is 2.77.